The van der Waals surface area contributed by atoms with Crippen LogP contribution in [0.4, 0.5) is 0 Å². The van der Waals surface area contributed by atoms with Gasteiger partial charge < -0.3 is 15.4 Å². The standard InChI is InChI=1S/C13H24N2O4S/c1-19-9-11(14)12(16)15-7-8-20(17,18)13(10-15)5-3-2-4-6-13/h11H,2-10,14H2,1H3. The number of methoxy groups -OCH3 is 1. The summed E-state index contributed by atoms with van der Waals surface area (Å²) in [6.45, 7) is 0.709. The van der Waals surface area contributed by atoms with Gasteiger partial charge in [0.05, 0.1) is 17.1 Å². The molecule has 1 spiro atoms. The van der Waals surface area contributed by atoms with Crippen molar-refractivity contribution in [2.75, 3.05) is 32.6 Å². The fourth-order valence-corrected chi connectivity index (χ4v) is 5.47. The lowest BCUT2D eigenvalue weighted by atomic mass is 9.87. The van der Waals surface area contributed by atoms with Gasteiger partial charge in [-0.1, -0.05) is 19.3 Å². The van der Waals surface area contributed by atoms with Gasteiger partial charge in [0.25, 0.3) is 0 Å². The molecular formula is C13H24N2O4S. The molecule has 1 atom stereocenters. The summed E-state index contributed by atoms with van der Waals surface area (Å²) in [5, 5.41) is 0. The van der Waals surface area contributed by atoms with E-state index in [1.807, 2.05) is 0 Å². The van der Waals surface area contributed by atoms with Crippen LogP contribution in [0, 0.1) is 0 Å². The van der Waals surface area contributed by atoms with Gasteiger partial charge in [-0.05, 0) is 12.8 Å². The Morgan fingerprint density at radius 2 is 2.00 bits per heavy atom. The largest absolute Gasteiger partial charge is 0.383 e. The molecular weight excluding hydrogens is 280 g/mol. The minimum atomic E-state index is -3.12. The van der Waals surface area contributed by atoms with E-state index in [1.54, 1.807) is 4.90 Å². The molecule has 2 fully saturated rings. The maximum absolute atomic E-state index is 12.4. The van der Waals surface area contributed by atoms with Crippen molar-refractivity contribution in [1.29, 1.82) is 0 Å². The summed E-state index contributed by atoms with van der Waals surface area (Å²) in [5.41, 5.74) is 5.78. The molecule has 1 saturated heterocycles. The van der Waals surface area contributed by atoms with E-state index in [9.17, 15) is 13.2 Å². The van der Waals surface area contributed by atoms with Gasteiger partial charge in [-0.2, -0.15) is 0 Å². The molecule has 1 saturated carbocycles. The zero-order valence-corrected chi connectivity index (χ0v) is 12.8. The van der Waals surface area contributed by atoms with Crippen LogP contribution >= 0.6 is 0 Å². The van der Waals surface area contributed by atoms with Crippen molar-refractivity contribution in [3.05, 3.63) is 0 Å². The number of hydrogen-bond acceptors (Lipinski definition) is 5. The molecule has 0 bridgehead atoms. The summed E-state index contributed by atoms with van der Waals surface area (Å²) in [7, 11) is -1.62. The third-order valence-electron chi connectivity index (χ3n) is 4.51. The van der Waals surface area contributed by atoms with Crippen LogP contribution in [0.3, 0.4) is 0 Å². The molecule has 0 aromatic rings. The molecule has 0 radical (unpaired) electrons. The lowest BCUT2D eigenvalue weighted by Gasteiger charge is -2.44. The van der Waals surface area contributed by atoms with Crippen molar-refractivity contribution in [3.63, 3.8) is 0 Å². The molecule has 20 heavy (non-hydrogen) atoms. The summed E-state index contributed by atoms with van der Waals surface area (Å²) in [5.74, 6) is -0.148. The molecule has 1 unspecified atom stereocenters. The van der Waals surface area contributed by atoms with Crippen LogP contribution in [0.25, 0.3) is 0 Å². The van der Waals surface area contributed by atoms with Crippen LogP contribution in [0.1, 0.15) is 32.1 Å². The van der Waals surface area contributed by atoms with Crippen LogP contribution < -0.4 is 5.73 Å². The molecule has 116 valence electrons. The van der Waals surface area contributed by atoms with Crippen LogP contribution in [0.5, 0.6) is 0 Å². The van der Waals surface area contributed by atoms with Gasteiger partial charge in [-0.25, -0.2) is 8.42 Å². The minimum absolute atomic E-state index is 0.0540. The second-order valence-corrected chi connectivity index (χ2v) is 8.39. The van der Waals surface area contributed by atoms with Crippen molar-refractivity contribution in [2.45, 2.75) is 42.9 Å². The number of nitrogens with zero attached hydrogens (tertiary/aromatic N) is 1. The third-order valence-corrected chi connectivity index (χ3v) is 7.09. The zero-order chi connectivity index (χ0) is 14.8. The minimum Gasteiger partial charge on any atom is -0.383 e. The normalized spacial score (nSPS) is 26.4. The Kier molecular flexibility index (Phi) is 4.71. The molecule has 7 heteroatoms. The molecule has 1 aliphatic carbocycles. The highest BCUT2D eigenvalue weighted by Crippen LogP contribution is 2.38. The van der Waals surface area contributed by atoms with Crippen LogP contribution in [0.2, 0.25) is 0 Å². The summed E-state index contributed by atoms with van der Waals surface area (Å²) < 4.78 is 29.0. The summed E-state index contributed by atoms with van der Waals surface area (Å²) in [6.07, 6.45) is 4.25. The monoisotopic (exact) mass is 304 g/mol. The van der Waals surface area contributed by atoms with E-state index in [0.29, 0.717) is 19.4 Å². The van der Waals surface area contributed by atoms with Gasteiger partial charge >= 0.3 is 0 Å². The Hall–Kier alpha value is -0.660. The van der Waals surface area contributed by atoms with E-state index in [2.05, 4.69) is 0 Å². The van der Waals surface area contributed by atoms with Gasteiger partial charge in [0.2, 0.25) is 5.91 Å². The highest BCUT2D eigenvalue weighted by atomic mass is 32.2. The van der Waals surface area contributed by atoms with Gasteiger partial charge in [0.15, 0.2) is 9.84 Å². The first-order valence-corrected chi connectivity index (χ1v) is 8.83. The van der Waals surface area contributed by atoms with Gasteiger partial charge in [0, 0.05) is 20.2 Å². The molecule has 1 amide bonds. The molecule has 6 nitrogen and oxygen atoms in total. The van der Waals surface area contributed by atoms with E-state index in [1.165, 1.54) is 7.11 Å². The van der Waals surface area contributed by atoms with Crippen molar-refractivity contribution in [1.82, 2.24) is 4.90 Å². The number of hydrogen-bond donors (Lipinski definition) is 1. The van der Waals surface area contributed by atoms with E-state index in [-0.39, 0.29) is 24.8 Å². The Morgan fingerprint density at radius 1 is 1.35 bits per heavy atom. The van der Waals surface area contributed by atoms with Gasteiger partial charge in [0.1, 0.15) is 6.04 Å². The predicted octanol–water partition coefficient (Wildman–Crippen LogP) is -0.0800. The molecule has 1 heterocycles. The van der Waals surface area contributed by atoms with Gasteiger partial charge in [-0.15, -0.1) is 0 Å². The van der Waals surface area contributed by atoms with Crippen molar-refractivity contribution < 1.29 is 17.9 Å². The average Bonchev–Trinajstić information content (AvgIpc) is 2.43. The van der Waals surface area contributed by atoms with E-state index >= 15 is 0 Å². The highest BCUT2D eigenvalue weighted by molar-refractivity contribution is 7.92. The fourth-order valence-electron chi connectivity index (χ4n) is 3.31. The van der Waals surface area contributed by atoms with Gasteiger partial charge in [-0.3, -0.25) is 4.79 Å². The molecule has 2 N–H and O–H groups in total. The lowest BCUT2D eigenvalue weighted by Crippen LogP contribution is -2.61. The number of rotatable bonds is 3. The SMILES string of the molecule is COCC(N)C(=O)N1CCS(=O)(=O)C2(CCCCC2)C1. The van der Waals surface area contributed by atoms with Crippen molar-refractivity contribution >= 4 is 15.7 Å². The van der Waals surface area contributed by atoms with Crippen LogP contribution in [-0.2, 0) is 19.4 Å². The maximum atomic E-state index is 12.4. The maximum Gasteiger partial charge on any atom is 0.241 e. The van der Waals surface area contributed by atoms with Crippen molar-refractivity contribution in [3.8, 4) is 0 Å². The van der Waals surface area contributed by atoms with E-state index in [0.717, 1.165) is 19.3 Å². The molecule has 0 aromatic heterocycles. The Labute approximate surface area is 120 Å². The summed E-state index contributed by atoms with van der Waals surface area (Å²) in [4.78, 5) is 13.9. The smallest absolute Gasteiger partial charge is 0.241 e. The number of carbonyl (C=O) groups excluding carboxylic acids is 1. The zero-order valence-electron chi connectivity index (χ0n) is 12.0. The highest BCUT2D eigenvalue weighted by Gasteiger charge is 2.49. The van der Waals surface area contributed by atoms with Crippen molar-refractivity contribution in [2.24, 2.45) is 5.73 Å². The second kappa shape index (κ2) is 5.99. The number of ether oxygens (including phenoxy) is 1. The first kappa shape index (κ1) is 15.7. The molecule has 2 rings (SSSR count). The third kappa shape index (κ3) is 2.84. The predicted molar refractivity (Wildman–Crippen MR) is 76.0 cm³/mol. The summed E-state index contributed by atoms with van der Waals surface area (Å²) in [6, 6.07) is -0.707. The summed E-state index contributed by atoms with van der Waals surface area (Å²) >= 11 is 0. The number of nitrogens with two attached hydrogens (primary N) is 1. The number of sulfone groups is 1. The number of carbonyl (C=O) groups is 1. The van der Waals surface area contributed by atoms with E-state index in [4.69, 9.17) is 10.5 Å². The first-order chi connectivity index (χ1) is 9.42. The molecule has 2 aliphatic rings. The molecule has 0 aromatic carbocycles. The Bertz CT molecular complexity index is 457. The topological polar surface area (TPSA) is 89.7 Å². The Morgan fingerprint density at radius 3 is 2.60 bits per heavy atom. The van der Waals surface area contributed by atoms with Crippen LogP contribution in [0.15, 0.2) is 0 Å². The first-order valence-electron chi connectivity index (χ1n) is 7.17. The van der Waals surface area contributed by atoms with Crippen LogP contribution in [-0.4, -0.2) is 62.6 Å². The quantitative estimate of drug-likeness (QED) is 0.787. The average molecular weight is 304 g/mol. The Balaban J connectivity index is 2.14. The second-order valence-electron chi connectivity index (χ2n) is 5.88. The molecule has 1 aliphatic heterocycles. The lowest BCUT2D eigenvalue weighted by molar-refractivity contribution is -0.134. The number of amides is 1. The fraction of sp³-hybridized carbons (Fsp3) is 0.923. The van der Waals surface area contributed by atoms with E-state index < -0.39 is 20.6 Å².